The normalized spacial score (nSPS) is 11.0. The molecule has 172 valence electrons. The summed E-state index contributed by atoms with van der Waals surface area (Å²) in [6.45, 7) is 3.89. The third-order valence-corrected chi connectivity index (χ3v) is 6.20. The lowest BCUT2D eigenvalue weighted by Gasteiger charge is -2.15. The lowest BCUT2D eigenvalue weighted by Crippen LogP contribution is -2.23. The third-order valence-electron chi connectivity index (χ3n) is 4.68. The summed E-state index contributed by atoms with van der Waals surface area (Å²) in [6.07, 6.45) is -0.156. The van der Waals surface area contributed by atoms with Gasteiger partial charge in [0.2, 0.25) is 0 Å². The maximum absolute atomic E-state index is 13.1. The smallest absolute Gasteiger partial charge is 0.307 e. The molecule has 0 saturated carbocycles. The molecule has 0 spiro atoms. The third kappa shape index (κ3) is 6.11. The Morgan fingerprint density at radius 3 is 2.45 bits per heavy atom. The Hall–Kier alpha value is -3.85. The Kier molecular flexibility index (Phi) is 7.34. The van der Waals surface area contributed by atoms with Crippen molar-refractivity contribution in [2.75, 3.05) is 11.3 Å². The van der Waals surface area contributed by atoms with Crippen LogP contribution in [0.25, 0.3) is 0 Å². The molecule has 0 aliphatic heterocycles. The molecule has 0 aliphatic carbocycles. The molecule has 0 atom stereocenters. The van der Waals surface area contributed by atoms with Crippen LogP contribution in [0.1, 0.15) is 28.4 Å². The van der Waals surface area contributed by atoms with Gasteiger partial charge in [0.05, 0.1) is 17.0 Å². The van der Waals surface area contributed by atoms with E-state index in [2.05, 4.69) is 10.0 Å². The van der Waals surface area contributed by atoms with E-state index in [1.165, 1.54) is 18.2 Å². The van der Waals surface area contributed by atoms with Gasteiger partial charge < -0.3 is 15.2 Å². The Balaban J connectivity index is 1.86. The van der Waals surface area contributed by atoms with E-state index >= 15 is 0 Å². The summed E-state index contributed by atoms with van der Waals surface area (Å²) in [6, 6.07) is 17.5. The highest BCUT2D eigenvalue weighted by Gasteiger charge is 2.20. The van der Waals surface area contributed by atoms with Gasteiger partial charge in [-0.1, -0.05) is 24.3 Å². The first-order chi connectivity index (χ1) is 15.7. The Labute approximate surface area is 192 Å². The molecule has 1 amide bonds. The highest BCUT2D eigenvalue weighted by atomic mass is 32.2. The van der Waals surface area contributed by atoms with Crippen molar-refractivity contribution in [2.45, 2.75) is 25.2 Å². The number of carbonyl (C=O) groups excluding carboxylic acids is 1. The Bertz CT molecular complexity index is 1290. The molecule has 0 aliphatic rings. The Morgan fingerprint density at radius 2 is 1.76 bits per heavy atom. The molecule has 9 heteroatoms. The molecule has 33 heavy (non-hydrogen) atoms. The largest absolute Gasteiger partial charge is 0.481 e. The number of carboxylic acids is 1. The van der Waals surface area contributed by atoms with Crippen LogP contribution in [0.2, 0.25) is 0 Å². The van der Waals surface area contributed by atoms with Gasteiger partial charge in [0.15, 0.2) is 5.75 Å². The van der Waals surface area contributed by atoms with Crippen LogP contribution in [-0.4, -0.2) is 31.9 Å². The van der Waals surface area contributed by atoms with Gasteiger partial charge in [-0.15, -0.1) is 0 Å². The second-order valence-electron chi connectivity index (χ2n) is 7.26. The molecular weight excluding hydrogens is 444 g/mol. The minimum absolute atomic E-state index is 0.0359. The summed E-state index contributed by atoms with van der Waals surface area (Å²) >= 11 is 0. The van der Waals surface area contributed by atoms with E-state index in [1.54, 1.807) is 62.4 Å². The van der Waals surface area contributed by atoms with E-state index in [9.17, 15) is 18.0 Å². The fourth-order valence-corrected chi connectivity index (χ4v) is 4.51. The molecule has 0 fully saturated rings. The molecule has 3 N–H and O–H groups in total. The van der Waals surface area contributed by atoms with Crippen molar-refractivity contribution in [1.82, 2.24) is 5.32 Å². The van der Waals surface area contributed by atoms with E-state index in [4.69, 9.17) is 9.84 Å². The molecule has 0 radical (unpaired) electrons. The van der Waals surface area contributed by atoms with Gasteiger partial charge in [-0.05, 0) is 67.4 Å². The van der Waals surface area contributed by atoms with Crippen LogP contribution in [0, 0.1) is 6.92 Å². The van der Waals surface area contributed by atoms with Crippen LogP contribution < -0.4 is 14.8 Å². The standard InChI is InChI=1S/C24H24N2O6S/c1-3-25-24(29)18-11-12-22(16(2)13-18)33(30,31)26-20-9-4-5-10-21(20)32-19-8-6-7-17(14-19)15-23(27)28/h4-14,26H,3,15H2,1-2H3,(H,25,29)(H,27,28). The highest BCUT2D eigenvalue weighted by Crippen LogP contribution is 2.32. The minimum atomic E-state index is -3.98. The number of hydrogen-bond acceptors (Lipinski definition) is 5. The maximum Gasteiger partial charge on any atom is 0.307 e. The number of nitrogens with one attached hydrogen (secondary N) is 2. The summed E-state index contributed by atoms with van der Waals surface area (Å²) in [5.41, 5.74) is 1.57. The van der Waals surface area contributed by atoms with Crippen molar-refractivity contribution in [1.29, 1.82) is 0 Å². The molecule has 3 aromatic rings. The second-order valence-corrected chi connectivity index (χ2v) is 8.91. The number of hydrogen-bond donors (Lipinski definition) is 3. The van der Waals surface area contributed by atoms with Crippen molar-refractivity contribution in [3.8, 4) is 11.5 Å². The average molecular weight is 469 g/mol. The van der Waals surface area contributed by atoms with Crippen LogP contribution >= 0.6 is 0 Å². The van der Waals surface area contributed by atoms with E-state index in [0.29, 0.717) is 29.0 Å². The van der Waals surface area contributed by atoms with Crippen molar-refractivity contribution in [3.05, 3.63) is 83.4 Å². The lowest BCUT2D eigenvalue weighted by molar-refractivity contribution is -0.136. The predicted molar refractivity (Wildman–Crippen MR) is 124 cm³/mol. The van der Waals surface area contributed by atoms with Crippen LogP contribution in [-0.2, 0) is 21.2 Å². The first kappa shape index (κ1) is 23.8. The molecule has 0 unspecified atom stereocenters. The number of benzene rings is 3. The van der Waals surface area contributed by atoms with Crippen molar-refractivity contribution < 1.29 is 27.9 Å². The number of rotatable bonds is 9. The van der Waals surface area contributed by atoms with Crippen LogP contribution in [0.3, 0.4) is 0 Å². The topological polar surface area (TPSA) is 122 Å². The van der Waals surface area contributed by atoms with Gasteiger partial charge in [-0.2, -0.15) is 0 Å². The Morgan fingerprint density at radius 1 is 1.00 bits per heavy atom. The van der Waals surface area contributed by atoms with Gasteiger partial charge in [0.1, 0.15) is 5.75 Å². The lowest BCUT2D eigenvalue weighted by atomic mass is 10.1. The van der Waals surface area contributed by atoms with Crippen LogP contribution in [0.4, 0.5) is 5.69 Å². The van der Waals surface area contributed by atoms with Gasteiger partial charge >= 0.3 is 5.97 Å². The number of aryl methyl sites for hydroxylation is 1. The molecule has 3 aromatic carbocycles. The van der Waals surface area contributed by atoms with Crippen molar-refractivity contribution in [2.24, 2.45) is 0 Å². The summed E-state index contributed by atoms with van der Waals surface area (Å²) in [5.74, 6) is -0.608. The fraction of sp³-hybridized carbons (Fsp3) is 0.167. The summed E-state index contributed by atoms with van der Waals surface area (Å²) in [5, 5.41) is 11.7. The van der Waals surface area contributed by atoms with Crippen molar-refractivity contribution >= 4 is 27.6 Å². The summed E-state index contributed by atoms with van der Waals surface area (Å²) < 4.78 is 34.5. The SMILES string of the molecule is CCNC(=O)c1ccc(S(=O)(=O)Nc2ccccc2Oc2cccc(CC(=O)O)c2)c(C)c1. The number of carbonyl (C=O) groups is 2. The quantitative estimate of drug-likeness (QED) is 0.437. The zero-order valence-corrected chi connectivity index (χ0v) is 19.0. The fourth-order valence-electron chi connectivity index (χ4n) is 3.22. The number of carboxylic acid groups (broad SMARTS) is 1. The number of para-hydroxylation sites is 2. The van der Waals surface area contributed by atoms with E-state index in [0.717, 1.165) is 0 Å². The van der Waals surface area contributed by atoms with E-state index < -0.39 is 16.0 Å². The van der Waals surface area contributed by atoms with E-state index in [1.807, 2.05) is 0 Å². The first-order valence-corrected chi connectivity index (χ1v) is 11.7. The van der Waals surface area contributed by atoms with Crippen LogP contribution in [0.5, 0.6) is 11.5 Å². The molecule has 8 nitrogen and oxygen atoms in total. The molecule has 0 saturated heterocycles. The molecule has 0 bridgehead atoms. The number of amides is 1. The molecular formula is C24H24N2O6S. The van der Waals surface area contributed by atoms with Crippen LogP contribution in [0.15, 0.2) is 71.6 Å². The minimum Gasteiger partial charge on any atom is -0.481 e. The predicted octanol–water partition coefficient (Wildman–Crippen LogP) is 3.96. The number of aliphatic carboxylic acids is 1. The van der Waals surface area contributed by atoms with E-state index in [-0.39, 0.29) is 28.7 Å². The highest BCUT2D eigenvalue weighted by molar-refractivity contribution is 7.92. The van der Waals surface area contributed by atoms with Gasteiger partial charge in [0, 0.05) is 12.1 Å². The zero-order chi connectivity index (χ0) is 24.0. The van der Waals surface area contributed by atoms with Gasteiger partial charge in [-0.25, -0.2) is 8.42 Å². The molecule has 0 heterocycles. The first-order valence-electron chi connectivity index (χ1n) is 10.2. The molecule has 3 rings (SSSR count). The second kappa shape index (κ2) is 10.2. The molecule has 0 aromatic heterocycles. The number of sulfonamides is 1. The zero-order valence-electron chi connectivity index (χ0n) is 18.2. The number of anilines is 1. The monoisotopic (exact) mass is 468 g/mol. The summed E-state index contributed by atoms with van der Waals surface area (Å²) in [4.78, 5) is 23.0. The average Bonchev–Trinajstić information content (AvgIpc) is 2.74. The number of ether oxygens (including phenoxy) is 1. The summed E-state index contributed by atoms with van der Waals surface area (Å²) in [7, 11) is -3.98. The maximum atomic E-state index is 13.1. The van der Waals surface area contributed by atoms with Crippen molar-refractivity contribution in [3.63, 3.8) is 0 Å². The van der Waals surface area contributed by atoms with Gasteiger partial charge in [-0.3, -0.25) is 14.3 Å². The van der Waals surface area contributed by atoms with Gasteiger partial charge in [0.25, 0.3) is 15.9 Å².